The Labute approximate surface area is 89.2 Å². The summed E-state index contributed by atoms with van der Waals surface area (Å²) in [6, 6.07) is 6.45. The minimum Gasteiger partial charge on any atom is -0.378 e. The lowest BCUT2D eigenvalue weighted by molar-refractivity contribution is 0.118. The molecule has 82 valence electrons. The van der Waals surface area contributed by atoms with Crippen molar-refractivity contribution in [1.29, 1.82) is 0 Å². The van der Waals surface area contributed by atoms with Crippen LogP contribution in [0.25, 0.3) is 0 Å². The summed E-state index contributed by atoms with van der Waals surface area (Å²) in [5.41, 5.74) is 6.64. The van der Waals surface area contributed by atoms with Gasteiger partial charge in [0, 0.05) is 17.5 Å². The van der Waals surface area contributed by atoms with E-state index in [9.17, 15) is 4.39 Å². The Hall–Kier alpha value is -0.930. The van der Waals surface area contributed by atoms with Gasteiger partial charge < -0.3 is 10.5 Å². The first-order chi connectivity index (χ1) is 7.18. The van der Waals surface area contributed by atoms with Gasteiger partial charge in [-0.05, 0) is 19.4 Å². The molecule has 0 aromatic heterocycles. The second-order valence-corrected chi connectivity index (χ2v) is 4.19. The van der Waals surface area contributed by atoms with Crippen LogP contribution in [0.2, 0.25) is 0 Å². The molecule has 1 aliphatic heterocycles. The fourth-order valence-electron chi connectivity index (χ4n) is 2.10. The first-order valence-electron chi connectivity index (χ1n) is 5.30. The number of halogens is 1. The zero-order chi connectivity index (χ0) is 10.8. The zero-order valence-corrected chi connectivity index (χ0v) is 8.82. The fourth-order valence-corrected chi connectivity index (χ4v) is 2.10. The van der Waals surface area contributed by atoms with Gasteiger partial charge in [-0.3, -0.25) is 0 Å². The highest BCUT2D eigenvalue weighted by Crippen LogP contribution is 2.30. The summed E-state index contributed by atoms with van der Waals surface area (Å²) in [4.78, 5) is 0. The van der Waals surface area contributed by atoms with Crippen molar-refractivity contribution in [3.05, 3.63) is 35.6 Å². The maximum absolute atomic E-state index is 13.5. The number of hydrogen-bond acceptors (Lipinski definition) is 2. The van der Waals surface area contributed by atoms with Gasteiger partial charge >= 0.3 is 0 Å². The van der Waals surface area contributed by atoms with Crippen LogP contribution in [0.4, 0.5) is 4.39 Å². The van der Waals surface area contributed by atoms with E-state index in [0.717, 1.165) is 6.42 Å². The first-order valence-corrected chi connectivity index (χ1v) is 5.30. The molecule has 1 aromatic carbocycles. The van der Waals surface area contributed by atoms with E-state index in [1.165, 1.54) is 6.07 Å². The fraction of sp³-hybridized carbons (Fsp3) is 0.500. The number of hydrogen-bond donors (Lipinski definition) is 1. The largest absolute Gasteiger partial charge is 0.378 e. The summed E-state index contributed by atoms with van der Waals surface area (Å²) in [7, 11) is 0. The Morgan fingerprint density at radius 3 is 2.80 bits per heavy atom. The quantitative estimate of drug-likeness (QED) is 0.810. The van der Waals surface area contributed by atoms with Gasteiger partial charge in [0.1, 0.15) is 5.82 Å². The highest BCUT2D eigenvalue weighted by atomic mass is 19.1. The second-order valence-electron chi connectivity index (χ2n) is 4.19. The molecule has 1 fully saturated rings. The third-order valence-corrected chi connectivity index (χ3v) is 3.00. The highest BCUT2D eigenvalue weighted by molar-refractivity contribution is 5.21. The first kappa shape index (κ1) is 10.6. The average molecular weight is 209 g/mol. The van der Waals surface area contributed by atoms with Gasteiger partial charge in [-0.15, -0.1) is 0 Å². The zero-order valence-electron chi connectivity index (χ0n) is 8.82. The Morgan fingerprint density at radius 1 is 1.47 bits per heavy atom. The topological polar surface area (TPSA) is 35.2 Å². The molecule has 0 spiro atoms. The van der Waals surface area contributed by atoms with Gasteiger partial charge in [0.05, 0.1) is 12.7 Å². The predicted molar refractivity (Wildman–Crippen MR) is 56.8 cm³/mol. The summed E-state index contributed by atoms with van der Waals surface area (Å²) < 4.78 is 18.9. The molecule has 1 heterocycles. The molecular weight excluding hydrogens is 193 g/mol. The molecule has 15 heavy (non-hydrogen) atoms. The molecule has 1 aromatic rings. The third-order valence-electron chi connectivity index (χ3n) is 3.00. The SMILES string of the molecule is CC1CC(C(N)c2ccccc2F)CO1. The van der Waals surface area contributed by atoms with E-state index in [2.05, 4.69) is 0 Å². The van der Waals surface area contributed by atoms with E-state index in [0.29, 0.717) is 12.2 Å². The Kier molecular flexibility index (Phi) is 3.03. The Bertz CT molecular complexity index is 342. The van der Waals surface area contributed by atoms with Crippen LogP contribution in [0.3, 0.4) is 0 Å². The second kappa shape index (κ2) is 4.29. The van der Waals surface area contributed by atoms with Gasteiger partial charge in [-0.1, -0.05) is 18.2 Å². The van der Waals surface area contributed by atoms with E-state index < -0.39 is 0 Å². The van der Waals surface area contributed by atoms with Crippen molar-refractivity contribution in [2.45, 2.75) is 25.5 Å². The molecular formula is C12H16FNO. The molecule has 2 nitrogen and oxygen atoms in total. The summed E-state index contributed by atoms with van der Waals surface area (Å²) in [5.74, 6) is 0.0152. The molecule has 3 atom stereocenters. The molecule has 0 radical (unpaired) electrons. The molecule has 0 saturated carbocycles. The predicted octanol–water partition coefficient (Wildman–Crippen LogP) is 2.25. The normalized spacial score (nSPS) is 27.9. The summed E-state index contributed by atoms with van der Waals surface area (Å²) in [6.45, 7) is 2.66. The monoisotopic (exact) mass is 209 g/mol. The van der Waals surface area contributed by atoms with Gasteiger partial charge in [-0.25, -0.2) is 4.39 Å². The van der Waals surface area contributed by atoms with Crippen molar-refractivity contribution < 1.29 is 9.13 Å². The van der Waals surface area contributed by atoms with Crippen LogP contribution in [-0.2, 0) is 4.74 Å². The van der Waals surface area contributed by atoms with Gasteiger partial charge in [0.2, 0.25) is 0 Å². The number of ether oxygens (including phenoxy) is 1. The molecule has 1 saturated heterocycles. The van der Waals surface area contributed by atoms with Crippen LogP contribution in [0, 0.1) is 11.7 Å². The van der Waals surface area contributed by atoms with Crippen molar-refractivity contribution in [2.24, 2.45) is 11.7 Å². The smallest absolute Gasteiger partial charge is 0.127 e. The number of nitrogens with two attached hydrogens (primary N) is 1. The van der Waals surface area contributed by atoms with Crippen molar-refractivity contribution in [2.75, 3.05) is 6.61 Å². The van der Waals surface area contributed by atoms with Crippen LogP contribution >= 0.6 is 0 Å². The third kappa shape index (κ3) is 2.19. The van der Waals surface area contributed by atoms with Crippen LogP contribution in [0.5, 0.6) is 0 Å². The number of rotatable bonds is 2. The van der Waals surface area contributed by atoms with Crippen molar-refractivity contribution >= 4 is 0 Å². The maximum atomic E-state index is 13.5. The summed E-state index contributed by atoms with van der Waals surface area (Å²) in [6.07, 6.45) is 1.16. The van der Waals surface area contributed by atoms with E-state index in [1.807, 2.05) is 13.0 Å². The molecule has 2 rings (SSSR count). The van der Waals surface area contributed by atoms with Gasteiger partial charge in [0.15, 0.2) is 0 Å². The van der Waals surface area contributed by atoms with E-state index in [1.54, 1.807) is 12.1 Å². The summed E-state index contributed by atoms with van der Waals surface area (Å²) >= 11 is 0. The van der Waals surface area contributed by atoms with Gasteiger partial charge in [0.25, 0.3) is 0 Å². The molecule has 0 amide bonds. The van der Waals surface area contributed by atoms with Crippen molar-refractivity contribution in [3.8, 4) is 0 Å². The Balaban J connectivity index is 2.14. The van der Waals surface area contributed by atoms with Crippen LogP contribution in [0.1, 0.15) is 24.9 Å². The number of benzene rings is 1. The highest BCUT2D eigenvalue weighted by Gasteiger charge is 2.29. The lowest BCUT2D eigenvalue weighted by atomic mass is 9.91. The van der Waals surface area contributed by atoms with Crippen molar-refractivity contribution in [3.63, 3.8) is 0 Å². The molecule has 3 unspecified atom stereocenters. The van der Waals surface area contributed by atoms with E-state index in [-0.39, 0.29) is 23.9 Å². The van der Waals surface area contributed by atoms with Gasteiger partial charge in [-0.2, -0.15) is 0 Å². The molecule has 0 aliphatic carbocycles. The lowest BCUT2D eigenvalue weighted by Gasteiger charge is -2.18. The minimum absolute atomic E-state index is 0.218. The maximum Gasteiger partial charge on any atom is 0.127 e. The lowest BCUT2D eigenvalue weighted by Crippen LogP contribution is -2.22. The van der Waals surface area contributed by atoms with Crippen molar-refractivity contribution in [1.82, 2.24) is 0 Å². The average Bonchev–Trinajstić information content (AvgIpc) is 2.65. The Morgan fingerprint density at radius 2 is 2.20 bits per heavy atom. The van der Waals surface area contributed by atoms with Crippen LogP contribution in [-0.4, -0.2) is 12.7 Å². The van der Waals surface area contributed by atoms with Crippen LogP contribution in [0.15, 0.2) is 24.3 Å². The van der Waals surface area contributed by atoms with E-state index >= 15 is 0 Å². The minimum atomic E-state index is -0.254. The molecule has 2 N–H and O–H groups in total. The molecule has 0 bridgehead atoms. The molecule has 1 aliphatic rings. The van der Waals surface area contributed by atoms with E-state index in [4.69, 9.17) is 10.5 Å². The van der Waals surface area contributed by atoms with Crippen LogP contribution < -0.4 is 5.73 Å². The molecule has 3 heteroatoms. The summed E-state index contributed by atoms with van der Waals surface area (Å²) in [5, 5.41) is 0. The standard InChI is InChI=1S/C12H16FNO/c1-8-6-9(7-15-8)12(14)10-4-2-3-5-11(10)13/h2-5,8-9,12H,6-7,14H2,1H3.